The van der Waals surface area contributed by atoms with Crippen molar-refractivity contribution >= 4 is 34.0 Å². The monoisotopic (exact) mass is 444 g/mol. The molecule has 0 aliphatic rings. The van der Waals surface area contributed by atoms with Crippen LogP contribution in [0, 0.1) is 5.92 Å². The second kappa shape index (κ2) is 9.61. The Hall–Kier alpha value is -3.41. The summed E-state index contributed by atoms with van der Waals surface area (Å²) >= 11 is 0. The van der Waals surface area contributed by atoms with Crippen molar-refractivity contribution in [3.05, 3.63) is 59.7 Å². The average Bonchev–Trinajstić information content (AvgIpc) is 3.13. The van der Waals surface area contributed by atoms with Crippen molar-refractivity contribution in [3.8, 4) is 5.69 Å². The highest BCUT2D eigenvalue weighted by Gasteiger charge is 2.26. The number of nitrogens with zero attached hydrogens (tertiary/aromatic N) is 3. The minimum Gasteiger partial charge on any atom is -0.462 e. The molecule has 0 fully saturated rings. The third kappa shape index (κ3) is 4.30. The maximum absolute atomic E-state index is 13.2. The number of nitrogen functional groups attached to an aromatic ring is 1. The predicted molar refractivity (Wildman–Crippen MR) is 134 cm³/mol. The van der Waals surface area contributed by atoms with Crippen LogP contribution in [0.5, 0.6) is 0 Å². The highest BCUT2D eigenvalue weighted by Crippen LogP contribution is 2.32. The smallest absolute Gasteiger partial charge is 0.344 e. The van der Waals surface area contributed by atoms with Gasteiger partial charge in [-0.25, -0.2) is 14.8 Å². The lowest BCUT2D eigenvalue weighted by molar-refractivity contribution is 0.0436. The number of hydrogen-bond donors (Lipinski definition) is 1. The van der Waals surface area contributed by atoms with E-state index in [9.17, 15) is 4.79 Å². The number of benzene rings is 2. The van der Waals surface area contributed by atoms with Crippen molar-refractivity contribution in [2.75, 3.05) is 12.3 Å². The van der Waals surface area contributed by atoms with Crippen LogP contribution in [-0.2, 0) is 4.74 Å². The number of nitrogens with two attached hydrogens (primary N) is 1. The van der Waals surface area contributed by atoms with Crippen molar-refractivity contribution in [3.63, 3.8) is 0 Å². The van der Waals surface area contributed by atoms with Gasteiger partial charge in [0.05, 0.1) is 17.6 Å². The van der Waals surface area contributed by atoms with Crippen molar-refractivity contribution in [1.82, 2.24) is 14.5 Å². The molecule has 0 saturated carbocycles. The number of ether oxygens (including phenoxy) is 1. The summed E-state index contributed by atoms with van der Waals surface area (Å²) in [4.78, 5) is 22.8. The Balaban J connectivity index is 1.86. The van der Waals surface area contributed by atoms with Crippen molar-refractivity contribution in [2.45, 2.75) is 52.9 Å². The fourth-order valence-electron chi connectivity index (χ4n) is 4.10. The summed E-state index contributed by atoms with van der Waals surface area (Å²) in [6.45, 7) is 8.95. The third-order valence-corrected chi connectivity index (χ3v) is 6.64. The summed E-state index contributed by atoms with van der Waals surface area (Å²) in [5.74, 6) is 0.635. The number of fused-ring (bicyclic) bond motifs is 2. The number of aromatic nitrogens is 3. The van der Waals surface area contributed by atoms with Gasteiger partial charge in [0.15, 0.2) is 5.65 Å². The fraction of sp³-hybridized carbons (Fsp3) is 0.370. The first-order valence-electron chi connectivity index (χ1n) is 11.8. The van der Waals surface area contributed by atoms with Gasteiger partial charge in [0.25, 0.3) is 0 Å². The van der Waals surface area contributed by atoms with Gasteiger partial charge in [0.1, 0.15) is 16.9 Å². The number of carbonyl (C=O) groups excluding carboxylic acids is 1. The lowest BCUT2D eigenvalue weighted by Gasteiger charge is -2.13. The predicted octanol–water partition coefficient (Wildman–Crippen LogP) is 6.26. The lowest BCUT2D eigenvalue weighted by Crippen LogP contribution is -2.15. The van der Waals surface area contributed by atoms with Crippen LogP contribution in [0.4, 0.5) is 5.82 Å². The minimum absolute atomic E-state index is 0.278. The molecular weight excluding hydrogens is 412 g/mol. The number of hydrogen-bond acceptors (Lipinski definition) is 5. The van der Waals surface area contributed by atoms with Crippen LogP contribution in [0.3, 0.4) is 0 Å². The summed E-state index contributed by atoms with van der Waals surface area (Å²) in [5.41, 5.74) is 11.4. The van der Waals surface area contributed by atoms with E-state index in [4.69, 9.17) is 20.4 Å². The van der Waals surface area contributed by atoms with Crippen LogP contribution in [0.15, 0.2) is 48.5 Å². The quantitative estimate of drug-likeness (QED) is 0.324. The second-order valence-electron chi connectivity index (χ2n) is 8.66. The summed E-state index contributed by atoms with van der Waals surface area (Å²) in [7, 11) is 0. The number of carbonyl (C=O) groups is 1. The molecule has 4 rings (SSSR count). The van der Waals surface area contributed by atoms with E-state index in [0.717, 1.165) is 30.5 Å². The number of anilines is 1. The number of rotatable bonds is 8. The molecule has 0 spiro atoms. The highest BCUT2D eigenvalue weighted by atomic mass is 16.5. The van der Waals surface area contributed by atoms with E-state index in [1.54, 1.807) is 0 Å². The van der Waals surface area contributed by atoms with Gasteiger partial charge in [-0.15, -0.1) is 0 Å². The van der Waals surface area contributed by atoms with Crippen LogP contribution < -0.4 is 5.73 Å². The zero-order chi connectivity index (χ0) is 23.5. The van der Waals surface area contributed by atoms with E-state index in [-0.39, 0.29) is 5.56 Å². The van der Waals surface area contributed by atoms with Crippen LogP contribution in [0.2, 0.25) is 0 Å². The lowest BCUT2D eigenvalue weighted by atomic mass is 9.99. The van der Waals surface area contributed by atoms with Gasteiger partial charge in [-0.1, -0.05) is 64.8 Å². The van der Waals surface area contributed by atoms with E-state index in [1.165, 1.54) is 5.56 Å². The highest BCUT2D eigenvalue weighted by molar-refractivity contribution is 6.09. The Bertz CT molecular complexity index is 1270. The molecule has 6 nitrogen and oxygen atoms in total. The maximum atomic E-state index is 13.2. The molecule has 0 radical (unpaired) electrons. The Morgan fingerprint density at radius 2 is 1.61 bits per heavy atom. The molecule has 172 valence electrons. The Kier molecular flexibility index (Phi) is 6.63. The Morgan fingerprint density at radius 3 is 2.21 bits per heavy atom. The first kappa shape index (κ1) is 22.8. The normalized spacial score (nSPS) is 12.5. The van der Waals surface area contributed by atoms with Gasteiger partial charge < -0.3 is 10.5 Å². The molecule has 2 N–H and O–H groups in total. The van der Waals surface area contributed by atoms with Crippen molar-refractivity contribution in [1.29, 1.82) is 0 Å². The molecule has 0 aliphatic heterocycles. The average molecular weight is 445 g/mol. The Labute approximate surface area is 194 Å². The van der Waals surface area contributed by atoms with Gasteiger partial charge in [-0.05, 0) is 48.1 Å². The molecule has 1 atom stereocenters. The summed E-state index contributed by atoms with van der Waals surface area (Å²) in [5, 5.41) is 0. The van der Waals surface area contributed by atoms with Crippen LogP contribution >= 0.6 is 0 Å². The second-order valence-corrected chi connectivity index (χ2v) is 8.66. The Morgan fingerprint density at radius 1 is 0.970 bits per heavy atom. The molecule has 0 bridgehead atoms. The molecule has 0 amide bonds. The first-order chi connectivity index (χ1) is 16.0. The SMILES string of the molecule is CCC(CC)COC(=O)c1c(N)n(-c2ccc(C(C)CC)cc2)c2nc3ccccc3nc12. The zero-order valence-electron chi connectivity index (χ0n) is 19.8. The standard InChI is InChI=1S/C27H32N4O2/c1-5-17(4)19-12-14-20(15-13-19)31-25(28)23(27(32)33-16-18(6-2)7-3)24-26(31)30-22-11-9-8-10-21(22)29-24/h8-15,17-18H,5-7,16,28H2,1-4H3. The number of para-hydroxylation sites is 2. The molecular formula is C27H32N4O2. The minimum atomic E-state index is -0.455. The maximum Gasteiger partial charge on any atom is 0.344 e. The molecule has 1 unspecified atom stereocenters. The van der Waals surface area contributed by atoms with E-state index >= 15 is 0 Å². The van der Waals surface area contributed by atoms with E-state index in [2.05, 4.69) is 39.8 Å². The van der Waals surface area contributed by atoms with Crippen molar-refractivity contribution < 1.29 is 9.53 Å². The van der Waals surface area contributed by atoms with Crippen molar-refractivity contribution in [2.24, 2.45) is 5.92 Å². The molecule has 4 aromatic rings. The molecule has 6 heteroatoms. The van der Waals surface area contributed by atoms with Gasteiger partial charge in [0, 0.05) is 5.69 Å². The summed E-state index contributed by atoms with van der Waals surface area (Å²) < 4.78 is 7.50. The molecule has 2 aromatic heterocycles. The van der Waals surface area contributed by atoms with Gasteiger partial charge in [-0.3, -0.25) is 4.57 Å². The van der Waals surface area contributed by atoms with Crippen LogP contribution in [0.1, 0.15) is 68.8 Å². The van der Waals surface area contributed by atoms with Gasteiger partial charge in [0.2, 0.25) is 0 Å². The van der Waals surface area contributed by atoms with E-state index < -0.39 is 5.97 Å². The largest absolute Gasteiger partial charge is 0.462 e. The molecule has 2 aromatic carbocycles. The summed E-state index contributed by atoms with van der Waals surface area (Å²) in [6, 6.07) is 15.9. The zero-order valence-corrected chi connectivity index (χ0v) is 19.8. The van der Waals surface area contributed by atoms with E-state index in [1.807, 2.05) is 41.0 Å². The van der Waals surface area contributed by atoms with Crippen LogP contribution in [-0.4, -0.2) is 27.1 Å². The molecule has 2 heterocycles. The van der Waals surface area contributed by atoms with E-state index in [0.29, 0.717) is 40.9 Å². The molecule has 0 saturated heterocycles. The third-order valence-electron chi connectivity index (χ3n) is 6.64. The fourth-order valence-corrected chi connectivity index (χ4v) is 4.10. The molecule has 33 heavy (non-hydrogen) atoms. The van der Waals surface area contributed by atoms with Gasteiger partial charge >= 0.3 is 5.97 Å². The number of esters is 1. The molecule has 0 aliphatic carbocycles. The topological polar surface area (TPSA) is 83.0 Å². The first-order valence-corrected chi connectivity index (χ1v) is 11.8. The van der Waals surface area contributed by atoms with Gasteiger partial charge in [-0.2, -0.15) is 0 Å². The van der Waals surface area contributed by atoms with Crippen LogP contribution in [0.25, 0.3) is 27.9 Å². The summed E-state index contributed by atoms with van der Waals surface area (Å²) in [6.07, 6.45) is 2.97.